The summed E-state index contributed by atoms with van der Waals surface area (Å²) in [5.41, 5.74) is 6.97. The van der Waals surface area contributed by atoms with E-state index in [9.17, 15) is 14.4 Å². The normalized spacial score (nSPS) is 11.0. The number of esters is 3. The molecule has 2 aromatic heterocycles. The number of rotatable bonds is 16. The molecule has 0 bridgehead atoms. The summed E-state index contributed by atoms with van der Waals surface area (Å²) >= 11 is 0. The average Bonchev–Trinajstić information content (AvgIpc) is 3.43. The van der Waals surface area contributed by atoms with Gasteiger partial charge in [-0.3, -0.25) is 18.8 Å². The van der Waals surface area contributed by atoms with Gasteiger partial charge in [-0.05, 0) is 66.8 Å². The summed E-state index contributed by atoms with van der Waals surface area (Å²) in [6.45, 7) is 6.04. The Morgan fingerprint density at radius 3 is 1.80 bits per heavy atom. The van der Waals surface area contributed by atoms with Gasteiger partial charge in [-0.2, -0.15) is 0 Å². The minimum atomic E-state index is -0.262. The molecule has 5 aromatic rings. The number of ether oxygens (including phenoxy) is 3. The number of benzene rings is 3. The van der Waals surface area contributed by atoms with Gasteiger partial charge in [0.05, 0.1) is 23.7 Å². The van der Waals surface area contributed by atoms with Crippen LogP contribution in [-0.4, -0.2) is 38.9 Å². The van der Waals surface area contributed by atoms with Crippen LogP contribution >= 0.6 is 0 Å². The lowest BCUT2D eigenvalue weighted by atomic mass is 10.1. The molecule has 0 amide bonds. The van der Waals surface area contributed by atoms with Crippen LogP contribution in [-0.2, 0) is 38.4 Å². The molecule has 0 spiro atoms. The van der Waals surface area contributed by atoms with Crippen LogP contribution in [0, 0.1) is 0 Å². The quantitative estimate of drug-likeness (QED) is 0.0776. The molecule has 0 aliphatic heterocycles. The van der Waals surface area contributed by atoms with Crippen molar-refractivity contribution in [3.63, 3.8) is 0 Å². The molecule has 5 rings (SSSR count). The number of hydrogen-bond donors (Lipinski definition) is 0. The minimum Gasteiger partial charge on any atom is -0.465 e. The second-order valence-corrected chi connectivity index (χ2v) is 11.9. The molecule has 49 heavy (non-hydrogen) atoms. The smallest absolute Gasteiger partial charge is 0.311 e. The van der Waals surface area contributed by atoms with Gasteiger partial charge < -0.3 is 14.2 Å². The maximum atomic E-state index is 12.3. The van der Waals surface area contributed by atoms with E-state index in [4.69, 9.17) is 24.2 Å². The van der Waals surface area contributed by atoms with Crippen LogP contribution in [0.1, 0.15) is 87.5 Å². The molecule has 0 fully saturated rings. The van der Waals surface area contributed by atoms with Crippen molar-refractivity contribution in [2.24, 2.45) is 0 Å². The molecule has 0 aliphatic rings. The lowest BCUT2D eigenvalue weighted by molar-refractivity contribution is -0.143. The highest BCUT2D eigenvalue weighted by atomic mass is 16.5. The number of aromatic nitrogens is 3. The van der Waals surface area contributed by atoms with E-state index < -0.39 is 0 Å². The summed E-state index contributed by atoms with van der Waals surface area (Å²) in [6.07, 6.45) is 6.77. The van der Waals surface area contributed by atoms with E-state index >= 15 is 0 Å². The zero-order valence-corrected chi connectivity index (χ0v) is 28.4. The molecule has 0 atom stereocenters. The maximum Gasteiger partial charge on any atom is 0.311 e. The van der Waals surface area contributed by atoms with Crippen LogP contribution in [0.5, 0.6) is 11.5 Å². The monoisotopic (exact) mass is 661 g/mol. The molecule has 0 saturated carbocycles. The fraction of sp³-hybridized carbons (Fsp3) is 0.325. The van der Waals surface area contributed by atoms with Crippen molar-refractivity contribution < 1.29 is 28.6 Å². The summed E-state index contributed by atoms with van der Waals surface area (Å²) < 4.78 is 18.6. The van der Waals surface area contributed by atoms with Crippen molar-refractivity contribution in [3.8, 4) is 22.8 Å². The van der Waals surface area contributed by atoms with Crippen LogP contribution in [0.15, 0.2) is 85.1 Å². The fourth-order valence-electron chi connectivity index (χ4n) is 5.53. The van der Waals surface area contributed by atoms with Crippen LogP contribution in [0.3, 0.4) is 0 Å². The highest BCUT2D eigenvalue weighted by Gasteiger charge is 2.20. The van der Waals surface area contributed by atoms with E-state index in [1.807, 2.05) is 69.4 Å². The molecule has 0 radical (unpaired) electrons. The van der Waals surface area contributed by atoms with Crippen molar-refractivity contribution in [3.05, 3.63) is 113 Å². The van der Waals surface area contributed by atoms with Crippen molar-refractivity contribution in [1.82, 2.24) is 14.4 Å². The summed E-state index contributed by atoms with van der Waals surface area (Å²) in [5.74, 6) is 0.251. The summed E-state index contributed by atoms with van der Waals surface area (Å²) in [5, 5.41) is 0. The van der Waals surface area contributed by atoms with Gasteiger partial charge in [-0.25, -0.2) is 9.97 Å². The largest absolute Gasteiger partial charge is 0.465 e. The SMILES string of the molecule is CCCC(=O)OCCc1c(Cc2ccc(OC(=O)CCC)cc2)nc2c(Cc3ccccc3)nc(-c3ccc(OC(=O)CCC)cc3)cn12. The Labute approximate surface area is 287 Å². The number of fused-ring (bicyclic) bond motifs is 1. The van der Waals surface area contributed by atoms with Gasteiger partial charge in [0.15, 0.2) is 5.65 Å². The van der Waals surface area contributed by atoms with Crippen LogP contribution in [0.4, 0.5) is 0 Å². The van der Waals surface area contributed by atoms with Gasteiger partial charge in [0, 0.05) is 56.0 Å². The van der Waals surface area contributed by atoms with Crippen LogP contribution < -0.4 is 9.47 Å². The molecule has 0 saturated heterocycles. The topological polar surface area (TPSA) is 109 Å². The average molecular weight is 662 g/mol. The standard InChI is InChI=1S/C40H43N3O6/c1-4-10-37(44)47-24-23-36-33(25-29-15-19-31(20-16-29)48-38(45)11-5-2)42-40-34(26-28-13-8-7-9-14-28)41-35(27-43(36)40)30-17-21-32(22-18-30)49-39(46)12-6-3/h7-9,13-22,27H,4-6,10-12,23-26H2,1-3H3. The number of hydrogen-bond acceptors (Lipinski definition) is 8. The van der Waals surface area contributed by atoms with Crippen molar-refractivity contribution >= 4 is 23.6 Å². The molecule has 254 valence electrons. The third kappa shape index (κ3) is 9.63. The summed E-state index contributed by atoms with van der Waals surface area (Å²) in [4.78, 5) is 46.6. The van der Waals surface area contributed by atoms with Crippen molar-refractivity contribution in [2.75, 3.05) is 6.61 Å². The first-order valence-electron chi connectivity index (χ1n) is 17.1. The lowest BCUT2D eigenvalue weighted by Gasteiger charge is -2.11. The Morgan fingerprint density at radius 2 is 1.18 bits per heavy atom. The van der Waals surface area contributed by atoms with Gasteiger partial charge in [-0.15, -0.1) is 0 Å². The number of imidazole rings is 1. The van der Waals surface area contributed by atoms with Gasteiger partial charge in [-0.1, -0.05) is 63.2 Å². The third-order valence-corrected chi connectivity index (χ3v) is 7.94. The third-order valence-electron chi connectivity index (χ3n) is 7.94. The zero-order chi connectivity index (χ0) is 34.6. The Hall–Kier alpha value is -5.31. The minimum absolute atomic E-state index is 0.218. The molecular weight excluding hydrogens is 618 g/mol. The lowest BCUT2D eigenvalue weighted by Crippen LogP contribution is -2.10. The molecular formula is C40H43N3O6. The predicted octanol–water partition coefficient (Wildman–Crippen LogP) is 7.87. The molecule has 0 aliphatic carbocycles. The predicted molar refractivity (Wildman–Crippen MR) is 188 cm³/mol. The van der Waals surface area contributed by atoms with Gasteiger partial charge >= 0.3 is 17.9 Å². The summed E-state index contributed by atoms with van der Waals surface area (Å²) in [6, 6.07) is 25.0. The Kier molecular flexibility index (Phi) is 12.3. The van der Waals surface area contributed by atoms with E-state index in [0.29, 0.717) is 50.0 Å². The van der Waals surface area contributed by atoms with Crippen molar-refractivity contribution in [1.29, 1.82) is 0 Å². The van der Waals surface area contributed by atoms with Gasteiger partial charge in [0.2, 0.25) is 0 Å². The molecule has 2 heterocycles. The van der Waals surface area contributed by atoms with E-state index in [1.165, 1.54) is 0 Å². The fourth-order valence-corrected chi connectivity index (χ4v) is 5.53. The van der Waals surface area contributed by atoms with Crippen LogP contribution in [0.25, 0.3) is 16.9 Å². The molecule has 0 unspecified atom stereocenters. The highest BCUT2D eigenvalue weighted by Crippen LogP contribution is 2.27. The molecule has 0 N–H and O–H groups in total. The highest BCUT2D eigenvalue weighted by molar-refractivity contribution is 5.73. The van der Waals surface area contributed by atoms with E-state index in [0.717, 1.165) is 64.4 Å². The van der Waals surface area contributed by atoms with E-state index in [1.54, 1.807) is 24.3 Å². The molecule has 9 heteroatoms. The first-order chi connectivity index (χ1) is 23.9. The second kappa shape index (κ2) is 17.2. The Bertz CT molecular complexity index is 1860. The Morgan fingerprint density at radius 1 is 0.633 bits per heavy atom. The maximum absolute atomic E-state index is 12.3. The Balaban J connectivity index is 1.54. The number of nitrogens with zero attached hydrogens (tertiary/aromatic N) is 3. The molecule has 3 aromatic carbocycles. The molecule has 9 nitrogen and oxygen atoms in total. The van der Waals surface area contributed by atoms with E-state index in [-0.39, 0.29) is 24.5 Å². The first kappa shape index (κ1) is 35.0. The number of carbonyl (C=O) groups is 3. The van der Waals surface area contributed by atoms with Crippen LogP contribution in [0.2, 0.25) is 0 Å². The number of carbonyl (C=O) groups excluding carboxylic acids is 3. The van der Waals surface area contributed by atoms with E-state index in [2.05, 4.69) is 16.5 Å². The van der Waals surface area contributed by atoms with Gasteiger partial charge in [0.25, 0.3) is 0 Å². The van der Waals surface area contributed by atoms with Gasteiger partial charge in [0.1, 0.15) is 11.5 Å². The second-order valence-electron chi connectivity index (χ2n) is 11.9. The summed E-state index contributed by atoms with van der Waals surface area (Å²) in [7, 11) is 0. The first-order valence-corrected chi connectivity index (χ1v) is 17.1. The zero-order valence-electron chi connectivity index (χ0n) is 28.4. The van der Waals surface area contributed by atoms with Crippen molar-refractivity contribution in [2.45, 2.75) is 78.6 Å².